The van der Waals surface area contributed by atoms with E-state index in [9.17, 15) is 10.1 Å². The maximum absolute atomic E-state index is 12.5. The molecule has 0 unspecified atom stereocenters. The molecule has 3 aromatic heterocycles. The van der Waals surface area contributed by atoms with Gasteiger partial charge in [-0.3, -0.25) is 4.79 Å². The zero-order valence-electron chi connectivity index (χ0n) is 17.6. The second-order valence-corrected chi connectivity index (χ2v) is 8.80. The number of nitrogens with one attached hydrogen (secondary N) is 3. The van der Waals surface area contributed by atoms with Crippen molar-refractivity contribution in [3.8, 4) is 6.07 Å². The number of fused-ring (bicyclic) bond motifs is 2. The highest BCUT2D eigenvalue weighted by molar-refractivity contribution is 7.19. The summed E-state index contributed by atoms with van der Waals surface area (Å²) in [7, 11) is 0. The van der Waals surface area contributed by atoms with Crippen molar-refractivity contribution >= 4 is 55.8 Å². The Kier molecular flexibility index (Phi) is 5.35. The fraction of sp³-hybridized carbons (Fsp3) is 0.208. The number of aromatic amines is 1. The molecule has 8 heteroatoms. The molecule has 0 bridgehead atoms. The van der Waals surface area contributed by atoms with E-state index in [0.717, 1.165) is 69.1 Å². The molecule has 4 aromatic rings. The molecule has 1 aliphatic heterocycles. The van der Waals surface area contributed by atoms with Crippen molar-refractivity contribution in [1.29, 1.82) is 5.26 Å². The van der Waals surface area contributed by atoms with Crippen molar-refractivity contribution in [1.82, 2.24) is 20.2 Å². The van der Waals surface area contributed by atoms with E-state index in [1.54, 1.807) is 12.3 Å². The summed E-state index contributed by atoms with van der Waals surface area (Å²) < 4.78 is 0. The number of nitrogens with zero attached hydrogens (tertiary/aromatic N) is 3. The van der Waals surface area contributed by atoms with Gasteiger partial charge in [-0.2, -0.15) is 5.26 Å². The molecule has 1 saturated heterocycles. The second-order valence-electron chi connectivity index (χ2n) is 7.74. The number of amides is 1. The highest BCUT2D eigenvalue weighted by Gasteiger charge is 2.16. The molecule has 3 N–H and O–H groups in total. The Hall–Kier alpha value is -3.67. The van der Waals surface area contributed by atoms with Gasteiger partial charge in [-0.1, -0.05) is 0 Å². The van der Waals surface area contributed by atoms with E-state index in [0.29, 0.717) is 5.56 Å². The molecule has 1 aliphatic rings. The molecule has 0 saturated carbocycles. The Balaban J connectivity index is 1.48. The SMILES string of the molecule is Cc1c(Nc2c(C#N)cnc3sc(C=CC(=O)N4CCNCC4)cc23)ccc2[nH]ccc12. The minimum atomic E-state index is 0.0170. The Morgan fingerprint density at radius 1 is 1.28 bits per heavy atom. The number of carbonyl (C=O) groups excluding carboxylic acids is 1. The molecule has 4 heterocycles. The third kappa shape index (κ3) is 3.73. The smallest absolute Gasteiger partial charge is 0.246 e. The van der Waals surface area contributed by atoms with Gasteiger partial charge in [-0.05, 0) is 42.8 Å². The Morgan fingerprint density at radius 2 is 2.12 bits per heavy atom. The molecule has 7 nitrogen and oxygen atoms in total. The van der Waals surface area contributed by atoms with Crippen molar-refractivity contribution < 1.29 is 4.79 Å². The van der Waals surface area contributed by atoms with Gasteiger partial charge in [0.2, 0.25) is 5.91 Å². The maximum atomic E-state index is 12.5. The number of thiophene rings is 1. The first kappa shape index (κ1) is 20.2. The summed E-state index contributed by atoms with van der Waals surface area (Å²) in [6, 6.07) is 10.3. The van der Waals surface area contributed by atoms with Crippen LogP contribution in [0.3, 0.4) is 0 Å². The molecular weight excluding hydrogens is 420 g/mol. The number of H-pyrrole nitrogens is 1. The summed E-state index contributed by atoms with van der Waals surface area (Å²) in [6.07, 6.45) is 6.98. The molecule has 1 aromatic carbocycles. The number of aromatic nitrogens is 2. The summed E-state index contributed by atoms with van der Waals surface area (Å²) in [5, 5.41) is 18.4. The number of anilines is 2. The van der Waals surface area contributed by atoms with Gasteiger partial charge in [0.1, 0.15) is 10.9 Å². The maximum Gasteiger partial charge on any atom is 0.246 e. The first-order chi connectivity index (χ1) is 15.6. The topological polar surface area (TPSA) is 96.8 Å². The van der Waals surface area contributed by atoms with E-state index in [2.05, 4.69) is 33.6 Å². The third-order valence-corrected chi connectivity index (χ3v) is 6.79. The Labute approximate surface area is 189 Å². The van der Waals surface area contributed by atoms with Crippen molar-refractivity contribution in [2.24, 2.45) is 0 Å². The molecular formula is C24H22N6OS. The van der Waals surface area contributed by atoms with Gasteiger partial charge >= 0.3 is 0 Å². The molecule has 1 fully saturated rings. The molecule has 0 atom stereocenters. The average molecular weight is 443 g/mol. The zero-order chi connectivity index (χ0) is 22.1. The predicted molar refractivity (Wildman–Crippen MR) is 129 cm³/mol. The lowest BCUT2D eigenvalue weighted by atomic mass is 10.1. The van der Waals surface area contributed by atoms with Gasteiger partial charge in [0.15, 0.2) is 0 Å². The summed E-state index contributed by atoms with van der Waals surface area (Å²) in [5.74, 6) is 0.0170. The van der Waals surface area contributed by atoms with Crippen LogP contribution in [-0.2, 0) is 4.79 Å². The van der Waals surface area contributed by atoms with Gasteiger partial charge in [-0.25, -0.2) is 4.98 Å². The minimum Gasteiger partial charge on any atom is -0.361 e. The van der Waals surface area contributed by atoms with E-state index in [1.165, 1.54) is 11.3 Å². The number of piperazine rings is 1. The van der Waals surface area contributed by atoms with Crippen LogP contribution < -0.4 is 10.6 Å². The molecule has 0 aliphatic carbocycles. The molecule has 160 valence electrons. The van der Waals surface area contributed by atoms with Crippen molar-refractivity contribution in [3.63, 3.8) is 0 Å². The molecule has 1 amide bonds. The number of nitriles is 1. The fourth-order valence-electron chi connectivity index (χ4n) is 4.01. The number of hydrogen-bond acceptors (Lipinski definition) is 6. The Bertz CT molecular complexity index is 1390. The summed E-state index contributed by atoms with van der Waals surface area (Å²) in [4.78, 5) is 23.7. The van der Waals surface area contributed by atoms with Crippen LogP contribution in [0.2, 0.25) is 0 Å². The van der Waals surface area contributed by atoms with Crippen molar-refractivity contribution in [2.45, 2.75) is 6.92 Å². The van der Waals surface area contributed by atoms with E-state index < -0.39 is 0 Å². The summed E-state index contributed by atoms with van der Waals surface area (Å²) >= 11 is 1.50. The molecule has 0 radical (unpaired) electrons. The van der Waals surface area contributed by atoms with E-state index in [-0.39, 0.29) is 5.91 Å². The van der Waals surface area contributed by atoms with E-state index in [4.69, 9.17) is 0 Å². The quantitative estimate of drug-likeness (QED) is 0.413. The molecule has 5 rings (SSSR count). The standard InChI is InChI=1S/C24H22N6OS/c1-15-18-6-7-27-21(18)4-3-20(15)29-23-16(13-25)14-28-24-19(23)12-17(32-24)2-5-22(31)30-10-8-26-9-11-30/h2-7,12,14,26-27H,8-11H2,1H3,(H,28,29). The van der Waals surface area contributed by atoms with Gasteiger partial charge in [-0.15, -0.1) is 11.3 Å². The van der Waals surface area contributed by atoms with Gasteiger partial charge in [0, 0.05) is 71.5 Å². The van der Waals surface area contributed by atoms with Crippen molar-refractivity contribution in [3.05, 3.63) is 58.7 Å². The van der Waals surface area contributed by atoms with Crippen LogP contribution >= 0.6 is 11.3 Å². The largest absolute Gasteiger partial charge is 0.361 e. The number of aryl methyl sites for hydroxylation is 1. The highest BCUT2D eigenvalue weighted by atomic mass is 32.1. The Morgan fingerprint density at radius 3 is 2.94 bits per heavy atom. The second kappa shape index (κ2) is 8.46. The van der Waals surface area contributed by atoms with Crippen LogP contribution in [0, 0.1) is 18.3 Å². The van der Waals surface area contributed by atoms with Gasteiger partial charge in [0.05, 0.1) is 11.3 Å². The number of pyridine rings is 1. The lowest BCUT2D eigenvalue weighted by Gasteiger charge is -2.26. The first-order valence-electron chi connectivity index (χ1n) is 10.5. The van der Waals surface area contributed by atoms with Crippen LogP contribution in [-0.4, -0.2) is 47.0 Å². The van der Waals surface area contributed by atoms with Crippen molar-refractivity contribution in [2.75, 3.05) is 31.5 Å². The monoisotopic (exact) mass is 442 g/mol. The minimum absolute atomic E-state index is 0.0170. The molecule has 32 heavy (non-hydrogen) atoms. The zero-order valence-corrected chi connectivity index (χ0v) is 18.4. The predicted octanol–water partition coefficient (Wildman–Crippen LogP) is 4.15. The van der Waals surface area contributed by atoms with Gasteiger partial charge in [0.25, 0.3) is 0 Å². The van der Waals surface area contributed by atoms with Crippen LogP contribution in [0.15, 0.2) is 42.7 Å². The average Bonchev–Trinajstić information content (AvgIpc) is 3.47. The van der Waals surface area contributed by atoms with Crippen LogP contribution in [0.1, 0.15) is 16.0 Å². The fourth-order valence-corrected chi connectivity index (χ4v) is 4.92. The highest BCUT2D eigenvalue weighted by Crippen LogP contribution is 2.36. The van der Waals surface area contributed by atoms with E-state index in [1.807, 2.05) is 41.4 Å². The first-order valence-corrected chi connectivity index (χ1v) is 11.3. The number of carbonyl (C=O) groups is 1. The van der Waals surface area contributed by atoms with Crippen LogP contribution in [0.5, 0.6) is 0 Å². The summed E-state index contributed by atoms with van der Waals surface area (Å²) in [5.41, 5.74) is 4.34. The van der Waals surface area contributed by atoms with E-state index >= 15 is 0 Å². The lowest BCUT2D eigenvalue weighted by molar-refractivity contribution is -0.126. The van der Waals surface area contributed by atoms with Crippen LogP contribution in [0.4, 0.5) is 11.4 Å². The number of rotatable bonds is 4. The van der Waals surface area contributed by atoms with Gasteiger partial charge < -0.3 is 20.5 Å². The number of benzene rings is 1. The normalized spacial score (nSPS) is 14.3. The molecule has 0 spiro atoms. The third-order valence-electron chi connectivity index (χ3n) is 5.78. The lowest BCUT2D eigenvalue weighted by Crippen LogP contribution is -2.45. The number of hydrogen-bond donors (Lipinski definition) is 3. The summed E-state index contributed by atoms with van der Waals surface area (Å²) in [6.45, 7) is 5.16. The van der Waals surface area contributed by atoms with Crippen LogP contribution in [0.25, 0.3) is 27.2 Å².